The number of nitrogens with one attached hydrogen (secondary N) is 3. The maximum atomic E-state index is 13.3. The van der Waals surface area contributed by atoms with E-state index >= 15 is 0 Å². The van der Waals surface area contributed by atoms with E-state index in [2.05, 4.69) is 22.9 Å². The molecule has 0 radical (unpaired) electrons. The molecule has 0 aromatic heterocycles. The molecule has 4 atom stereocenters. The van der Waals surface area contributed by atoms with Gasteiger partial charge in [-0.15, -0.1) is 0 Å². The molecule has 7 rings (SSSR count). The maximum absolute atomic E-state index is 13.3. The lowest BCUT2D eigenvalue weighted by Gasteiger charge is -2.60. The van der Waals surface area contributed by atoms with Gasteiger partial charge in [-0.2, -0.15) is 0 Å². The van der Waals surface area contributed by atoms with Gasteiger partial charge in [-0.3, -0.25) is 9.59 Å². The minimum absolute atomic E-state index is 0.0310. The average molecular weight is 419 g/mol. The third kappa shape index (κ3) is 2.79. The van der Waals surface area contributed by atoms with Crippen molar-refractivity contribution >= 4 is 23.2 Å². The summed E-state index contributed by atoms with van der Waals surface area (Å²) >= 11 is 0. The fourth-order valence-electron chi connectivity index (χ4n) is 6.06. The van der Waals surface area contributed by atoms with E-state index in [1.807, 2.05) is 42.5 Å². The third-order valence-electron chi connectivity index (χ3n) is 7.63. The zero-order chi connectivity index (χ0) is 21.2. The molecule has 3 fully saturated rings. The quantitative estimate of drug-likeness (QED) is 0.690. The van der Waals surface area contributed by atoms with Gasteiger partial charge in [-0.05, 0) is 55.4 Å². The molecular formula is C24H25N3O4. The lowest BCUT2D eigenvalue weighted by molar-refractivity contribution is -0.134. The van der Waals surface area contributed by atoms with E-state index < -0.39 is 5.66 Å². The Bertz CT molecular complexity index is 1100. The molecular weight excluding hydrogens is 394 g/mol. The second-order valence-corrected chi connectivity index (χ2v) is 9.51. The number of fused-ring (bicyclic) bond motifs is 4. The first kappa shape index (κ1) is 18.5. The predicted octanol–water partition coefficient (Wildman–Crippen LogP) is 3.73. The Morgan fingerprint density at radius 3 is 2.84 bits per heavy atom. The first-order valence-electron chi connectivity index (χ1n) is 10.9. The fourth-order valence-corrected chi connectivity index (χ4v) is 6.06. The van der Waals surface area contributed by atoms with Crippen LogP contribution in [0.5, 0.6) is 11.5 Å². The van der Waals surface area contributed by atoms with Crippen LogP contribution in [0.1, 0.15) is 43.0 Å². The zero-order valence-electron chi connectivity index (χ0n) is 17.4. The summed E-state index contributed by atoms with van der Waals surface area (Å²) in [6, 6.07) is 13.1. The molecule has 2 aromatic rings. The van der Waals surface area contributed by atoms with Crippen molar-refractivity contribution in [2.75, 3.05) is 17.4 Å². The van der Waals surface area contributed by atoms with Crippen LogP contribution in [0.3, 0.4) is 0 Å². The number of benzene rings is 2. The van der Waals surface area contributed by atoms with Crippen LogP contribution in [-0.2, 0) is 4.79 Å². The van der Waals surface area contributed by atoms with Gasteiger partial charge >= 0.3 is 0 Å². The number of para-hydroxylation sites is 1. The summed E-state index contributed by atoms with van der Waals surface area (Å²) in [6.45, 7) is 2.39. The number of ether oxygens (including phenoxy) is 2. The average Bonchev–Trinajstić information content (AvgIpc) is 3.21. The van der Waals surface area contributed by atoms with Crippen molar-refractivity contribution in [3.8, 4) is 11.5 Å². The highest BCUT2D eigenvalue weighted by Crippen LogP contribution is 2.58. The Morgan fingerprint density at radius 1 is 1.13 bits per heavy atom. The molecule has 0 saturated heterocycles. The molecule has 1 spiro atoms. The largest absolute Gasteiger partial charge is 0.454 e. The van der Waals surface area contributed by atoms with E-state index in [0.29, 0.717) is 22.7 Å². The van der Waals surface area contributed by atoms with Gasteiger partial charge in [0.15, 0.2) is 11.5 Å². The fraction of sp³-hybridized carbons (Fsp3) is 0.417. The number of carbonyl (C=O) groups excluding carboxylic acids is 2. The maximum Gasteiger partial charge on any atom is 0.255 e. The van der Waals surface area contributed by atoms with Gasteiger partial charge in [0.2, 0.25) is 12.7 Å². The minimum Gasteiger partial charge on any atom is -0.454 e. The molecule has 160 valence electrons. The molecule has 3 unspecified atom stereocenters. The summed E-state index contributed by atoms with van der Waals surface area (Å²) in [5, 5.41) is 10.00. The van der Waals surface area contributed by atoms with Crippen LogP contribution in [0.15, 0.2) is 42.5 Å². The molecule has 3 saturated carbocycles. The van der Waals surface area contributed by atoms with Crippen molar-refractivity contribution in [3.05, 3.63) is 48.0 Å². The van der Waals surface area contributed by atoms with E-state index in [1.165, 1.54) is 0 Å². The molecule has 2 bridgehead atoms. The Morgan fingerprint density at radius 2 is 1.97 bits per heavy atom. The minimum atomic E-state index is -0.492. The van der Waals surface area contributed by atoms with E-state index in [-0.39, 0.29) is 35.9 Å². The first-order chi connectivity index (χ1) is 15.0. The van der Waals surface area contributed by atoms with Gasteiger partial charge in [0.05, 0.1) is 5.56 Å². The van der Waals surface area contributed by atoms with Crippen molar-refractivity contribution in [1.29, 1.82) is 0 Å². The second-order valence-electron chi connectivity index (χ2n) is 9.51. The van der Waals surface area contributed by atoms with Crippen molar-refractivity contribution in [2.45, 2.75) is 38.3 Å². The molecule has 2 aromatic carbocycles. The summed E-state index contributed by atoms with van der Waals surface area (Å²) in [4.78, 5) is 26.1. The van der Waals surface area contributed by atoms with Crippen LogP contribution >= 0.6 is 0 Å². The van der Waals surface area contributed by atoms with E-state index in [1.54, 1.807) is 0 Å². The molecule has 5 aliphatic rings. The standard InChI is InChI=1S/C24H25N3O4/c1-23-9-8-14(24(12-23)26-18-5-3-2-4-16(18)21(28)27-24)10-17(23)22(29)25-15-6-7-19-20(11-15)31-13-30-19/h2-7,11,14,17,26H,8-10,12-13H2,1H3,(H,25,29)(H,27,28)/t14?,17?,23?,24-/m0/s1. The molecule has 2 heterocycles. The SMILES string of the molecule is CC12CCC(CC1C(=O)Nc1ccc3c(c1)OCO3)[C@]1(C2)NC(=O)c2ccccc2N1. The van der Waals surface area contributed by atoms with Crippen molar-refractivity contribution in [1.82, 2.24) is 5.32 Å². The first-order valence-corrected chi connectivity index (χ1v) is 10.9. The van der Waals surface area contributed by atoms with Crippen LogP contribution in [-0.4, -0.2) is 24.3 Å². The molecule has 2 aliphatic heterocycles. The van der Waals surface area contributed by atoms with Crippen molar-refractivity contribution in [2.24, 2.45) is 17.3 Å². The summed E-state index contributed by atoms with van der Waals surface area (Å²) in [5.41, 5.74) is 1.57. The van der Waals surface area contributed by atoms with Crippen LogP contribution in [0.4, 0.5) is 11.4 Å². The van der Waals surface area contributed by atoms with E-state index in [0.717, 1.165) is 31.4 Å². The van der Waals surface area contributed by atoms with E-state index in [9.17, 15) is 9.59 Å². The van der Waals surface area contributed by atoms with Crippen LogP contribution in [0.25, 0.3) is 0 Å². The Hall–Kier alpha value is -3.22. The second kappa shape index (κ2) is 6.39. The number of rotatable bonds is 2. The lowest BCUT2D eigenvalue weighted by atomic mass is 9.51. The number of anilines is 2. The normalized spacial score (nSPS) is 32.2. The number of carbonyl (C=O) groups is 2. The van der Waals surface area contributed by atoms with Gasteiger partial charge in [0.1, 0.15) is 5.66 Å². The Balaban J connectivity index is 1.24. The van der Waals surface area contributed by atoms with Gasteiger partial charge in [-0.1, -0.05) is 19.1 Å². The van der Waals surface area contributed by atoms with Gasteiger partial charge in [-0.25, -0.2) is 0 Å². The van der Waals surface area contributed by atoms with Crippen LogP contribution in [0.2, 0.25) is 0 Å². The smallest absolute Gasteiger partial charge is 0.255 e. The molecule has 7 nitrogen and oxygen atoms in total. The van der Waals surface area contributed by atoms with Gasteiger partial charge in [0, 0.05) is 29.3 Å². The number of amides is 2. The summed E-state index contributed by atoms with van der Waals surface area (Å²) in [6.07, 6.45) is 3.42. The number of hydrogen-bond acceptors (Lipinski definition) is 5. The molecule has 2 amide bonds. The number of hydrogen-bond donors (Lipinski definition) is 3. The van der Waals surface area contributed by atoms with Crippen LogP contribution in [0, 0.1) is 17.3 Å². The Labute approximate surface area is 180 Å². The third-order valence-corrected chi connectivity index (χ3v) is 7.63. The summed E-state index contributed by atoms with van der Waals surface area (Å²) in [5.74, 6) is 1.43. The zero-order valence-corrected chi connectivity index (χ0v) is 17.4. The highest BCUT2D eigenvalue weighted by Gasteiger charge is 2.60. The molecule has 3 aliphatic carbocycles. The Kier molecular flexibility index (Phi) is 3.82. The molecule has 3 N–H and O–H groups in total. The lowest BCUT2D eigenvalue weighted by Crippen LogP contribution is -2.70. The van der Waals surface area contributed by atoms with Gasteiger partial charge < -0.3 is 25.4 Å². The topological polar surface area (TPSA) is 88.7 Å². The van der Waals surface area contributed by atoms with Crippen molar-refractivity contribution in [3.63, 3.8) is 0 Å². The predicted molar refractivity (Wildman–Crippen MR) is 115 cm³/mol. The van der Waals surface area contributed by atoms with Crippen molar-refractivity contribution < 1.29 is 19.1 Å². The summed E-state index contributed by atoms with van der Waals surface area (Å²) in [7, 11) is 0. The van der Waals surface area contributed by atoms with E-state index in [4.69, 9.17) is 9.47 Å². The summed E-state index contributed by atoms with van der Waals surface area (Å²) < 4.78 is 10.8. The molecule has 7 heteroatoms. The highest BCUT2D eigenvalue weighted by molar-refractivity contribution is 6.02. The molecule has 31 heavy (non-hydrogen) atoms. The monoisotopic (exact) mass is 419 g/mol. The van der Waals surface area contributed by atoms with Crippen LogP contribution < -0.4 is 25.4 Å². The highest BCUT2D eigenvalue weighted by atomic mass is 16.7. The van der Waals surface area contributed by atoms with Gasteiger partial charge in [0.25, 0.3) is 5.91 Å².